The molecule has 0 radical (unpaired) electrons. The summed E-state index contributed by atoms with van der Waals surface area (Å²) in [5.41, 5.74) is 0. The normalized spacial score (nSPS) is 18.8. The van der Waals surface area contributed by atoms with Gasteiger partial charge in [0.05, 0.1) is 0 Å². The molecule has 1 saturated heterocycles. The molecule has 1 aliphatic heterocycles. The van der Waals surface area contributed by atoms with Gasteiger partial charge >= 0.3 is 0 Å². The average Bonchev–Trinajstić information content (AvgIpc) is 2.93. The number of piperazine rings is 1. The molecule has 0 aliphatic carbocycles. The molecular weight excluding hydrogens is 244 g/mol. The standard InChI is InChI=1S/C13H22N4S/c1-3-4-14-11-12(2)16-6-8-17(9-7-16)13-15-5-10-18-13/h3,5,10,12,14H,1,4,6-9,11H2,2H3. The van der Waals surface area contributed by atoms with E-state index in [1.54, 1.807) is 11.3 Å². The molecule has 18 heavy (non-hydrogen) atoms. The van der Waals surface area contributed by atoms with Gasteiger partial charge in [0.15, 0.2) is 5.13 Å². The zero-order valence-electron chi connectivity index (χ0n) is 11.0. The Labute approximate surface area is 113 Å². The van der Waals surface area contributed by atoms with Crippen molar-refractivity contribution >= 4 is 16.5 Å². The zero-order valence-corrected chi connectivity index (χ0v) is 11.8. The van der Waals surface area contributed by atoms with E-state index in [1.807, 2.05) is 17.7 Å². The second-order valence-electron chi connectivity index (χ2n) is 4.63. The van der Waals surface area contributed by atoms with E-state index in [-0.39, 0.29) is 0 Å². The Bertz CT molecular complexity index is 344. The maximum Gasteiger partial charge on any atom is 0.185 e. The Kier molecular flexibility index (Phi) is 5.16. The van der Waals surface area contributed by atoms with E-state index >= 15 is 0 Å². The lowest BCUT2D eigenvalue weighted by Gasteiger charge is -2.38. The van der Waals surface area contributed by atoms with Crippen LogP contribution in [-0.2, 0) is 0 Å². The van der Waals surface area contributed by atoms with Gasteiger partial charge in [0.1, 0.15) is 0 Å². The fraction of sp³-hybridized carbons (Fsp3) is 0.615. The van der Waals surface area contributed by atoms with Gasteiger partial charge in [-0.05, 0) is 6.92 Å². The van der Waals surface area contributed by atoms with Crippen LogP contribution in [0.2, 0.25) is 0 Å². The molecule has 1 unspecified atom stereocenters. The van der Waals surface area contributed by atoms with Crippen molar-refractivity contribution in [1.29, 1.82) is 0 Å². The van der Waals surface area contributed by atoms with E-state index in [9.17, 15) is 0 Å². The first-order chi connectivity index (χ1) is 8.81. The second kappa shape index (κ2) is 6.87. The molecule has 0 saturated carbocycles. The SMILES string of the molecule is C=CCNCC(C)N1CCN(c2nccs2)CC1. The summed E-state index contributed by atoms with van der Waals surface area (Å²) in [5.74, 6) is 0. The van der Waals surface area contributed by atoms with E-state index < -0.39 is 0 Å². The number of nitrogens with zero attached hydrogens (tertiary/aromatic N) is 3. The van der Waals surface area contributed by atoms with Gasteiger partial charge in [0.2, 0.25) is 0 Å². The van der Waals surface area contributed by atoms with Crippen LogP contribution in [0.1, 0.15) is 6.92 Å². The quantitative estimate of drug-likeness (QED) is 0.623. The lowest BCUT2D eigenvalue weighted by Crippen LogP contribution is -2.52. The minimum absolute atomic E-state index is 0.586. The maximum absolute atomic E-state index is 4.37. The van der Waals surface area contributed by atoms with Gasteiger partial charge in [0, 0.05) is 56.9 Å². The fourth-order valence-corrected chi connectivity index (χ4v) is 2.95. The van der Waals surface area contributed by atoms with E-state index in [4.69, 9.17) is 0 Å². The summed E-state index contributed by atoms with van der Waals surface area (Å²) in [6, 6.07) is 0.586. The zero-order chi connectivity index (χ0) is 12.8. The molecule has 0 bridgehead atoms. The van der Waals surface area contributed by atoms with Crippen molar-refractivity contribution in [2.75, 3.05) is 44.2 Å². The van der Waals surface area contributed by atoms with Crippen LogP contribution in [0.25, 0.3) is 0 Å². The molecular formula is C13H22N4S. The summed E-state index contributed by atoms with van der Waals surface area (Å²) in [6.45, 7) is 12.3. The van der Waals surface area contributed by atoms with Crippen molar-refractivity contribution < 1.29 is 0 Å². The van der Waals surface area contributed by atoms with Gasteiger partial charge in [0.25, 0.3) is 0 Å². The summed E-state index contributed by atoms with van der Waals surface area (Å²) in [6.07, 6.45) is 3.79. The van der Waals surface area contributed by atoms with E-state index in [0.717, 1.165) is 44.4 Å². The van der Waals surface area contributed by atoms with Crippen molar-refractivity contribution in [2.24, 2.45) is 0 Å². The number of thiazole rings is 1. The van der Waals surface area contributed by atoms with Crippen LogP contribution in [0.5, 0.6) is 0 Å². The highest BCUT2D eigenvalue weighted by Crippen LogP contribution is 2.19. The topological polar surface area (TPSA) is 31.4 Å². The average molecular weight is 266 g/mol. The molecule has 1 atom stereocenters. The third-order valence-corrected chi connectivity index (χ3v) is 4.19. The van der Waals surface area contributed by atoms with Crippen LogP contribution < -0.4 is 10.2 Å². The molecule has 0 spiro atoms. The second-order valence-corrected chi connectivity index (χ2v) is 5.51. The molecule has 100 valence electrons. The van der Waals surface area contributed by atoms with Crippen molar-refractivity contribution in [3.63, 3.8) is 0 Å². The number of nitrogens with one attached hydrogen (secondary N) is 1. The Morgan fingerprint density at radius 1 is 1.50 bits per heavy atom. The Balaban J connectivity index is 1.74. The highest BCUT2D eigenvalue weighted by atomic mass is 32.1. The van der Waals surface area contributed by atoms with Gasteiger partial charge in [-0.25, -0.2) is 4.98 Å². The van der Waals surface area contributed by atoms with Crippen molar-refractivity contribution in [1.82, 2.24) is 15.2 Å². The lowest BCUT2D eigenvalue weighted by atomic mass is 10.2. The van der Waals surface area contributed by atoms with Crippen molar-refractivity contribution in [3.05, 3.63) is 24.2 Å². The van der Waals surface area contributed by atoms with Crippen LogP contribution in [0.15, 0.2) is 24.2 Å². The number of anilines is 1. The third-order valence-electron chi connectivity index (χ3n) is 3.36. The smallest absolute Gasteiger partial charge is 0.185 e. The minimum atomic E-state index is 0.586. The largest absolute Gasteiger partial charge is 0.346 e. The molecule has 1 N–H and O–H groups in total. The molecule has 0 amide bonds. The van der Waals surface area contributed by atoms with Crippen LogP contribution in [0.3, 0.4) is 0 Å². The van der Waals surface area contributed by atoms with Crippen LogP contribution in [0.4, 0.5) is 5.13 Å². The molecule has 1 aromatic rings. The summed E-state index contributed by atoms with van der Waals surface area (Å²) >= 11 is 1.73. The molecule has 0 aromatic carbocycles. The van der Waals surface area contributed by atoms with Crippen LogP contribution in [-0.4, -0.2) is 55.2 Å². The predicted molar refractivity (Wildman–Crippen MR) is 78.4 cm³/mol. The number of hydrogen-bond donors (Lipinski definition) is 1. The van der Waals surface area contributed by atoms with Gasteiger partial charge in [-0.15, -0.1) is 17.9 Å². The van der Waals surface area contributed by atoms with Gasteiger partial charge in [-0.1, -0.05) is 6.08 Å². The Hall–Kier alpha value is -0.910. The molecule has 2 heterocycles. The maximum atomic E-state index is 4.37. The van der Waals surface area contributed by atoms with Gasteiger partial charge < -0.3 is 10.2 Å². The Morgan fingerprint density at radius 3 is 2.89 bits per heavy atom. The summed E-state index contributed by atoms with van der Waals surface area (Å²) in [7, 11) is 0. The lowest BCUT2D eigenvalue weighted by molar-refractivity contribution is 0.194. The highest BCUT2D eigenvalue weighted by molar-refractivity contribution is 7.13. The summed E-state index contributed by atoms with van der Waals surface area (Å²) < 4.78 is 0. The Morgan fingerprint density at radius 2 is 2.28 bits per heavy atom. The molecule has 4 nitrogen and oxygen atoms in total. The molecule has 5 heteroatoms. The van der Waals surface area contributed by atoms with E-state index in [1.165, 1.54) is 0 Å². The van der Waals surface area contributed by atoms with E-state index in [2.05, 4.69) is 33.6 Å². The highest BCUT2D eigenvalue weighted by Gasteiger charge is 2.21. The first-order valence-corrected chi connectivity index (χ1v) is 7.39. The third kappa shape index (κ3) is 3.54. The van der Waals surface area contributed by atoms with Crippen LogP contribution in [0, 0.1) is 0 Å². The molecule has 1 aromatic heterocycles. The predicted octanol–water partition coefficient (Wildman–Crippen LogP) is 1.43. The summed E-state index contributed by atoms with van der Waals surface area (Å²) in [4.78, 5) is 9.29. The van der Waals surface area contributed by atoms with Gasteiger partial charge in [-0.2, -0.15) is 0 Å². The number of hydrogen-bond acceptors (Lipinski definition) is 5. The number of aromatic nitrogens is 1. The summed E-state index contributed by atoms with van der Waals surface area (Å²) in [5, 5.41) is 6.59. The number of rotatable bonds is 6. The monoisotopic (exact) mass is 266 g/mol. The van der Waals surface area contributed by atoms with Crippen molar-refractivity contribution in [3.8, 4) is 0 Å². The first-order valence-electron chi connectivity index (χ1n) is 6.51. The fourth-order valence-electron chi connectivity index (χ4n) is 2.25. The molecule has 1 fully saturated rings. The molecule has 1 aliphatic rings. The first kappa shape index (κ1) is 13.5. The van der Waals surface area contributed by atoms with Crippen molar-refractivity contribution in [2.45, 2.75) is 13.0 Å². The van der Waals surface area contributed by atoms with Crippen LogP contribution >= 0.6 is 11.3 Å². The minimum Gasteiger partial charge on any atom is -0.346 e. The van der Waals surface area contributed by atoms with E-state index in [0.29, 0.717) is 6.04 Å². The molecule has 2 rings (SSSR count). The van der Waals surface area contributed by atoms with Gasteiger partial charge in [-0.3, -0.25) is 4.90 Å².